The second kappa shape index (κ2) is 3.59. The summed E-state index contributed by atoms with van der Waals surface area (Å²) in [4.78, 5) is 3.63. The Kier molecular flexibility index (Phi) is 2.92. The van der Waals surface area contributed by atoms with Crippen molar-refractivity contribution in [3.8, 4) is 0 Å². The standard InChI is InChI=1S/C7H5F3IN/c1-3-6(11)5(8)4(2-12-3)7(9)10/h2,7H,1H3. The maximum atomic E-state index is 13.0. The summed E-state index contributed by atoms with van der Waals surface area (Å²) in [6, 6.07) is 0. The van der Waals surface area contributed by atoms with Crippen LogP contribution in [0.4, 0.5) is 13.2 Å². The van der Waals surface area contributed by atoms with Gasteiger partial charge in [-0.1, -0.05) is 0 Å². The summed E-state index contributed by atoms with van der Waals surface area (Å²) in [5.74, 6) is -0.863. The van der Waals surface area contributed by atoms with Crippen LogP contribution in [0.1, 0.15) is 17.7 Å². The lowest BCUT2D eigenvalue weighted by atomic mass is 10.2. The first-order chi connectivity index (χ1) is 5.54. The first kappa shape index (κ1) is 9.76. The monoisotopic (exact) mass is 287 g/mol. The number of nitrogens with zero attached hydrogens (tertiary/aromatic N) is 1. The van der Waals surface area contributed by atoms with Gasteiger partial charge >= 0.3 is 0 Å². The van der Waals surface area contributed by atoms with Crippen LogP contribution in [0.15, 0.2) is 6.20 Å². The Morgan fingerprint density at radius 3 is 2.58 bits per heavy atom. The minimum absolute atomic E-state index is 0.158. The quantitative estimate of drug-likeness (QED) is 0.723. The summed E-state index contributed by atoms with van der Waals surface area (Å²) in [5.41, 5.74) is -0.206. The molecule has 0 spiro atoms. The molecule has 12 heavy (non-hydrogen) atoms. The molecule has 0 aliphatic heterocycles. The molecule has 0 saturated carbocycles. The van der Waals surface area contributed by atoms with Crippen molar-refractivity contribution < 1.29 is 13.2 Å². The molecule has 0 fully saturated rings. The summed E-state index contributed by atoms with van der Waals surface area (Å²) >= 11 is 1.66. The van der Waals surface area contributed by atoms with Gasteiger partial charge in [0, 0.05) is 6.20 Å². The fraction of sp³-hybridized carbons (Fsp3) is 0.286. The molecule has 0 radical (unpaired) electrons. The van der Waals surface area contributed by atoms with E-state index in [1.54, 1.807) is 29.5 Å². The summed E-state index contributed by atoms with van der Waals surface area (Å²) in [6.07, 6.45) is -1.93. The average molecular weight is 287 g/mol. The number of aryl methyl sites for hydroxylation is 1. The van der Waals surface area contributed by atoms with Crippen LogP contribution >= 0.6 is 22.6 Å². The van der Waals surface area contributed by atoms with Gasteiger partial charge in [-0.2, -0.15) is 0 Å². The van der Waals surface area contributed by atoms with Crippen molar-refractivity contribution >= 4 is 22.6 Å². The Labute approximate surface area is 81.1 Å². The third-order valence-corrected chi connectivity index (χ3v) is 2.65. The van der Waals surface area contributed by atoms with E-state index in [1.165, 1.54) is 0 Å². The van der Waals surface area contributed by atoms with E-state index < -0.39 is 17.8 Å². The van der Waals surface area contributed by atoms with Gasteiger partial charge in [0.2, 0.25) is 0 Å². The van der Waals surface area contributed by atoms with E-state index in [0.717, 1.165) is 6.20 Å². The Morgan fingerprint density at radius 1 is 1.50 bits per heavy atom. The molecule has 1 heterocycles. The average Bonchev–Trinajstić information content (AvgIpc) is 2.00. The predicted molar refractivity (Wildman–Crippen MR) is 46.6 cm³/mol. The highest BCUT2D eigenvalue weighted by molar-refractivity contribution is 14.1. The van der Waals surface area contributed by atoms with Gasteiger partial charge in [0.05, 0.1) is 14.8 Å². The third-order valence-electron chi connectivity index (χ3n) is 1.40. The third kappa shape index (κ3) is 1.70. The van der Waals surface area contributed by atoms with Crippen LogP contribution in [-0.4, -0.2) is 4.98 Å². The van der Waals surface area contributed by atoms with Crippen LogP contribution in [0.25, 0.3) is 0 Å². The Morgan fingerprint density at radius 2 is 2.08 bits per heavy atom. The van der Waals surface area contributed by atoms with Crippen molar-refractivity contribution in [1.29, 1.82) is 0 Å². The van der Waals surface area contributed by atoms with E-state index in [1.807, 2.05) is 0 Å². The highest BCUT2D eigenvalue weighted by Gasteiger charge is 2.17. The molecule has 0 aromatic carbocycles. The number of aromatic nitrogens is 1. The van der Waals surface area contributed by atoms with Crippen molar-refractivity contribution in [3.05, 3.63) is 26.8 Å². The van der Waals surface area contributed by atoms with E-state index in [0.29, 0.717) is 5.69 Å². The number of alkyl halides is 2. The Balaban J connectivity index is 3.27. The molecule has 1 aromatic heterocycles. The smallest absolute Gasteiger partial charge is 0.260 e. The van der Waals surface area contributed by atoms with Crippen molar-refractivity contribution in [2.45, 2.75) is 13.3 Å². The van der Waals surface area contributed by atoms with Gasteiger partial charge < -0.3 is 0 Å². The van der Waals surface area contributed by atoms with Crippen LogP contribution in [0.2, 0.25) is 0 Å². The topological polar surface area (TPSA) is 12.9 Å². The molecule has 1 nitrogen and oxygen atoms in total. The number of hydrogen-bond acceptors (Lipinski definition) is 1. The van der Waals surface area contributed by atoms with Gasteiger partial charge in [-0.05, 0) is 29.5 Å². The normalized spacial score (nSPS) is 10.8. The van der Waals surface area contributed by atoms with Gasteiger partial charge in [0.1, 0.15) is 5.82 Å². The second-order valence-electron chi connectivity index (χ2n) is 2.23. The largest absolute Gasteiger partial charge is 0.268 e. The number of halogens is 4. The first-order valence-corrected chi connectivity index (χ1v) is 4.20. The van der Waals surface area contributed by atoms with Crippen LogP contribution < -0.4 is 0 Å². The van der Waals surface area contributed by atoms with Gasteiger partial charge in [0.25, 0.3) is 6.43 Å². The summed E-state index contributed by atoms with van der Waals surface area (Å²) in [5, 5.41) is 0. The summed E-state index contributed by atoms with van der Waals surface area (Å²) < 4.78 is 37.3. The molecule has 0 aliphatic carbocycles. The molecule has 0 N–H and O–H groups in total. The van der Waals surface area contributed by atoms with Crippen LogP contribution in [0, 0.1) is 16.3 Å². The highest BCUT2D eigenvalue weighted by atomic mass is 127. The predicted octanol–water partition coefficient (Wildman–Crippen LogP) is 3.07. The van der Waals surface area contributed by atoms with E-state index in [4.69, 9.17) is 0 Å². The second-order valence-corrected chi connectivity index (χ2v) is 3.31. The lowest BCUT2D eigenvalue weighted by molar-refractivity contribution is 0.145. The first-order valence-electron chi connectivity index (χ1n) is 3.12. The van der Waals surface area contributed by atoms with E-state index in [2.05, 4.69) is 4.98 Å². The molecule has 0 unspecified atom stereocenters. The maximum absolute atomic E-state index is 13.0. The van der Waals surface area contributed by atoms with Crippen LogP contribution in [0.5, 0.6) is 0 Å². The van der Waals surface area contributed by atoms with Gasteiger partial charge in [0.15, 0.2) is 0 Å². The number of hydrogen-bond donors (Lipinski definition) is 0. The van der Waals surface area contributed by atoms with Gasteiger partial charge in [-0.25, -0.2) is 13.2 Å². The van der Waals surface area contributed by atoms with E-state index in [-0.39, 0.29) is 3.57 Å². The molecular formula is C7H5F3IN. The van der Waals surface area contributed by atoms with Gasteiger partial charge in [-0.15, -0.1) is 0 Å². The van der Waals surface area contributed by atoms with Crippen molar-refractivity contribution in [1.82, 2.24) is 4.98 Å². The fourth-order valence-electron chi connectivity index (χ4n) is 0.717. The molecule has 5 heteroatoms. The van der Waals surface area contributed by atoms with E-state index >= 15 is 0 Å². The SMILES string of the molecule is Cc1ncc(C(F)F)c(F)c1I. The molecular weight excluding hydrogens is 282 g/mol. The molecule has 0 atom stereocenters. The van der Waals surface area contributed by atoms with Crippen LogP contribution in [0.3, 0.4) is 0 Å². The van der Waals surface area contributed by atoms with Crippen molar-refractivity contribution in [2.75, 3.05) is 0 Å². The maximum Gasteiger partial charge on any atom is 0.268 e. The van der Waals surface area contributed by atoms with E-state index in [9.17, 15) is 13.2 Å². The molecule has 0 bridgehead atoms. The zero-order chi connectivity index (χ0) is 9.30. The zero-order valence-electron chi connectivity index (χ0n) is 6.11. The molecule has 0 aliphatic rings. The number of rotatable bonds is 1. The van der Waals surface area contributed by atoms with Crippen LogP contribution in [-0.2, 0) is 0 Å². The number of pyridine rings is 1. The molecule has 66 valence electrons. The molecule has 0 saturated heterocycles. The fourth-order valence-corrected chi connectivity index (χ4v) is 1.17. The Hall–Kier alpha value is -0.330. The zero-order valence-corrected chi connectivity index (χ0v) is 8.27. The minimum atomic E-state index is -2.80. The van der Waals surface area contributed by atoms with Gasteiger partial charge in [-0.3, -0.25) is 4.98 Å². The van der Waals surface area contributed by atoms with Crippen molar-refractivity contribution in [3.63, 3.8) is 0 Å². The lowest BCUT2D eigenvalue weighted by Crippen LogP contribution is -1.98. The molecule has 0 amide bonds. The summed E-state index contributed by atoms with van der Waals surface area (Å²) in [6.45, 7) is 1.57. The highest BCUT2D eigenvalue weighted by Crippen LogP contribution is 2.25. The summed E-state index contributed by atoms with van der Waals surface area (Å²) in [7, 11) is 0. The Bertz CT molecular complexity index is 301. The lowest BCUT2D eigenvalue weighted by Gasteiger charge is -2.04. The molecule has 1 aromatic rings. The van der Waals surface area contributed by atoms with Crippen molar-refractivity contribution in [2.24, 2.45) is 0 Å². The molecule has 1 rings (SSSR count). The minimum Gasteiger partial charge on any atom is -0.260 e.